The summed E-state index contributed by atoms with van der Waals surface area (Å²) in [7, 11) is 0. The number of benzene rings is 1. The van der Waals surface area contributed by atoms with E-state index in [0.717, 1.165) is 23.7 Å². The van der Waals surface area contributed by atoms with Gasteiger partial charge >= 0.3 is 0 Å². The SMILES string of the molecule is CCC(O)(CC)CSc1nncn1-c1cccc(Cl)c1. The number of aromatic nitrogens is 3. The molecule has 0 spiro atoms. The molecule has 0 aliphatic carbocycles. The van der Waals surface area contributed by atoms with Gasteiger partial charge in [-0.05, 0) is 31.0 Å². The second kappa shape index (κ2) is 6.61. The zero-order valence-electron chi connectivity index (χ0n) is 11.6. The first kappa shape index (κ1) is 15.4. The zero-order valence-corrected chi connectivity index (χ0v) is 13.2. The molecular formula is C14H18ClN3OS. The maximum Gasteiger partial charge on any atom is 0.195 e. The minimum atomic E-state index is -0.657. The molecule has 1 heterocycles. The lowest BCUT2D eigenvalue weighted by molar-refractivity contribution is 0.0571. The van der Waals surface area contributed by atoms with Crippen molar-refractivity contribution in [1.82, 2.24) is 14.8 Å². The highest BCUT2D eigenvalue weighted by Gasteiger charge is 2.23. The summed E-state index contributed by atoms with van der Waals surface area (Å²) in [5.41, 5.74) is 0.261. The van der Waals surface area contributed by atoms with Crippen LogP contribution in [-0.4, -0.2) is 31.2 Å². The quantitative estimate of drug-likeness (QED) is 0.829. The van der Waals surface area contributed by atoms with E-state index in [4.69, 9.17) is 11.6 Å². The van der Waals surface area contributed by atoms with E-state index in [1.54, 1.807) is 6.33 Å². The van der Waals surface area contributed by atoms with Gasteiger partial charge in [-0.2, -0.15) is 0 Å². The minimum Gasteiger partial charge on any atom is -0.389 e. The molecule has 6 heteroatoms. The van der Waals surface area contributed by atoms with Crippen molar-refractivity contribution in [1.29, 1.82) is 0 Å². The van der Waals surface area contributed by atoms with Gasteiger partial charge in [-0.15, -0.1) is 10.2 Å². The van der Waals surface area contributed by atoms with Crippen LogP contribution >= 0.6 is 23.4 Å². The van der Waals surface area contributed by atoms with E-state index in [1.165, 1.54) is 11.8 Å². The van der Waals surface area contributed by atoms with Crippen LogP contribution in [0.4, 0.5) is 0 Å². The Hall–Kier alpha value is -1.04. The third-order valence-electron chi connectivity index (χ3n) is 3.39. The van der Waals surface area contributed by atoms with Crippen molar-refractivity contribution in [3.05, 3.63) is 35.6 Å². The standard InChI is InChI=1S/C14H18ClN3OS/c1-3-14(19,4-2)9-20-13-17-16-10-18(13)12-7-5-6-11(15)8-12/h5-8,10,19H,3-4,9H2,1-2H3. The Morgan fingerprint density at radius 3 is 2.75 bits per heavy atom. The highest BCUT2D eigenvalue weighted by molar-refractivity contribution is 7.99. The zero-order chi connectivity index (χ0) is 14.6. The summed E-state index contributed by atoms with van der Waals surface area (Å²) < 4.78 is 1.88. The molecule has 4 nitrogen and oxygen atoms in total. The summed E-state index contributed by atoms with van der Waals surface area (Å²) in [5, 5.41) is 19.8. The Bertz CT molecular complexity index is 569. The summed E-state index contributed by atoms with van der Waals surface area (Å²) in [4.78, 5) is 0. The molecule has 20 heavy (non-hydrogen) atoms. The van der Waals surface area contributed by atoms with Crippen LogP contribution in [0.2, 0.25) is 5.02 Å². The second-order valence-electron chi connectivity index (χ2n) is 4.68. The van der Waals surface area contributed by atoms with Crippen molar-refractivity contribution in [2.24, 2.45) is 0 Å². The van der Waals surface area contributed by atoms with Gasteiger partial charge in [-0.1, -0.05) is 43.3 Å². The number of hydrogen-bond acceptors (Lipinski definition) is 4. The predicted molar refractivity (Wildman–Crippen MR) is 82.6 cm³/mol. The van der Waals surface area contributed by atoms with Crippen molar-refractivity contribution in [3.8, 4) is 5.69 Å². The number of rotatable bonds is 6. The van der Waals surface area contributed by atoms with Gasteiger partial charge in [0.25, 0.3) is 0 Å². The predicted octanol–water partition coefficient (Wildman–Crippen LogP) is 3.56. The van der Waals surface area contributed by atoms with Crippen molar-refractivity contribution in [2.45, 2.75) is 37.4 Å². The first-order valence-corrected chi connectivity index (χ1v) is 7.95. The summed E-state index contributed by atoms with van der Waals surface area (Å²) in [6, 6.07) is 7.53. The normalized spacial score (nSPS) is 11.8. The number of nitrogens with zero attached hydrogens (tertiary/aromatic N) is 3. The maximum atomic E-state index is 10.3. The topological polar surface area (TPSA) is 50.9 Å². The van der Waals surface area contributed by atoms with Crippen molar-refractivity contribution < 1.29 is 5.11 Å². The van der Waals surface area contributed by atoms with Gasteiger partial charge in [0.15, 0.2) is 5.16 Å². The monoisotopic (exact) mass is 311 g/mol. The van der Waals surface area contributed by atoms with Crippen LogP contribution in [0.25, 0.3) is 5.69 Å². The Morgan fingerprint density at radius 2 is 2.10 bits per heavy atom. The molecule has 1 aromatic heterocycles. The van der Waals surface area contributed by atoms with E-state index in [0.29, 0.717) is 10.8 Å². The molecule has 0 aliphatic rings. The van der Waals surface area contributed by atoms with Crippen LogP contribution in [0.15, 0.2) is 35.7 Å². The third kappa shape index (κ3) is 3.53. The minimum absolute atomic E-state index is 0.596. The van der Waals surface area contributed by atoms with Crippen LogP contribution < -0.4 is 0 Å². The smallest absolute Gasteiger partial charge is 0.195 e. The molecule has 0 radical (unpaired) electrons. The van der Waals surface area contributed by atoms with Gasteiger partial charge in [0.2, 0.25) is 0 Å². The number of halogens is 1. The lowest BCUT2D eigenvalue weighted by Gasteiger charge is -2.24. The van der Waals surface area contributed by atoms with E-state index in [1.807, 2.05) is 42.7 Å². The molecule has 108 valence electrons. The van der Waals surface area contributed by atoms with Crippen molar-refractivity contribution in [3.63, 3.8) is 0 Å². The van der Waals surface area contributed by atoms with Crippen molar-refractivity contribution >= 4 is 23.4 Å². The second-order valence-corrected chi connectivity index (χ2v) is 6.06. The molecule has 1 N–H and O–H groups in total. The summed E-state index contributed by atoms with van der Waals surface area (Å²) in [5.74, 6) is 0.596. The molecule has 0 bridgehead atoms. The number of thioether (sulfide) groups is 1. The maximum absolute atomic E-state index is 10.3. The molecule has 0 unspecified atom stereocenters. The van der Waals surface area contributed by atoms with Gasteiger partial charge in [0.05, 0.1) is 11.3 Å². The number of hydrogen-bond donors (Lipinski definition) is 1. The highest BCUT2D eigenvalue weighted by atomic mass is 35.5. The van der Waals surface area contributed by atoms with Crippen LogP contribution in [0, 0.1) is 0 Å². The van der Waals surface area contributed by atoms with E-state index in [-0.39, 0.29) is 0 Å². The van der Waals surface area contributed by atoms with E-state index in [9.17, 15) is 5.11 Å². The molecule has 0 atom stereocenters. The van der Waals surface area contributed by atoms with E-state index in [2.05, 4.69) is 10.2 Å². The van der Waals surface area contributed by atoms with Crippen LogP contribution in [0.5, 0.6) is 0 Å². The average molecular weight is 312 g/mol. The van der Waals surface area contributed by atoms with Crippen molar-refractivity contribution in [2.75, 3.05) is 5.75 Å². The van der Waals surface area contributed by atoms with Crippen LogP contribution in [0.3, 0.4) is 0 Å². The van der Waals surface area contributed by atoms with Gasteiger partial charge in [0, 0.05) is 10.8 Å². The first-order valence-electron chi connectivity index (χ1n) is 6.59. The molecular weight excluding hydrogens is 294 g/mol. The molecule has 0 amide bonds. The van der Waals surface area contributed by atoms with Gasteiger partial charge in [0.1, 0.15) is 6.33 Å². The lowest BCUT2D eigenvalue weighted by atomic mass is 10.0. The Labute approximate surface area is 128 Å². The molecule has 0 fully saturated rings. The van der Waals surface area contributed by atoms with E-state index >= 15 is 0 Å². The van der Waals surface area contributed by atoms with E-state index < -0.39 is 5.60 Å². The highest BCUT2D eigenvalue weighted by Crippen LogP contribution is 2.27. The van der Waals surface area contributed by atoms with Crippen LogP contribution in [0.1, 0.15) is 26.7 Å². The molecule has 0 saturated carbocycles. The molecule has 2 rings (SSSR count). The van der Waals surface area contributed by atoms with Crippen LogP contribution in [-0.2, 0) is 0 Å². The lowest BCUT2D eigenvalue weighted by Crippen LogP contribution is -2.29. The fraction of sp³-hybridized carbons (Fsp3) is 0.429. The Balaban J connectivity index is 2.17. The third-order valence-corrected chi connectivity index (χ3v) is 4.84. The molecule has 0 aliphatic heterocycles. The fourth-order valence-corrected chi connectivity index (χ4v) is 3.17. The van der Waals surface area contributed by atoms with Gasteiger partial charge < -0.3 is 5.11 Å². The Kier molecular flexibility index (Phi) is 5.07. The summed E-state index contributed by atoms with van der Waals surface area (Å²) >= 11 is 7.51. The summed E-state index contributed by atoms with van der Waals surface area (Å²) in [6.45, 7) is 3.98. The number of aliphatic hydroxyl groups is 1. The molecule has 2 aromatic rings. The molecule has 0 saturated heterocycles. The summed E-state index contributed by atoms with van der Waals surface area (Å²) in [6.07, 6.45) is 3.11. The fourth-order valence-electron chi connectivity index (χ4n) is 1.78. The molecule has 1 aromatic carbocycles. The average Bonchev–Trinajstić information content (AvgIpc) is 2.93. The van der Waals surface area contributed by atoms with Gasteiger partial charge in [-0.3, -0.25) is 4.57 Å². The first-order chi connectivity index (χ1) is 9.58. The Morgan fingerprint density at radius 1 is 1.35 bits per heavy atom. The van der Waals surface area contributed by atoms with Gasteiger partial charge in [-0.25, -0.2) is 0 Å². The largest absolute Gasteiger partial charge is 0.389 e.